The van der Waals surface area contributed by atoms with Gasteiger partial charge in [0, 0.05) is 19.6 Å². The van der Waals surface area contributed by atoms with E-state index in [0.717, 1.165) is 31.6 Å². The molecule has 2 heterocycles. The standard InChI is InChI=1S/C15H17BN2/c16-15-7-6-13-8-9-18(11-14(13)17-15)10-12-4-2-1-3-5-12/h1-7H,8-11,16H2. The molecular weight excluding hydrogens is 219 g/mol. The summed E-state index contributed by atoms with van der Waals surface area (Å²) in [6.45, 7) is 3.13. The summed E-state index contributed by atoms with van der Waals surface area (Å²) in [4.78, 5) is 7.14. The van der Waals surface area contributed by atoms with Crippen molar-refractivity contribution in [3.63, 3.8) is 0 Å². The Kier molecular flexibility index (Phi) is 3.16. The highest BCUT2D eigenvalue weighted by atomic mass is 15.1. The Balaban J connectivity index is 1.75. The van der Waals surface area contributed by atoms with Crippen LogP contribution in [0.4, 0.5) is 0 Å². The summed E-state index contributed by atoms with van der Waals surface area (Å²) in [5.41, 5.74) is 5.19. The van der Waals surface area contributed by atoms with Crippen LogP contribution in [0.5, 0.6) is 0 Å². The molecule has 0 amide bonds. The molecule has 1 aliphatic rings. The summed E-state index contributed by atoms with van der Waals surface area (Å²) in [5, 5.41) is 0. The third-order valence-corrected chi connectivity index (χ3v) is 3.53. The van der Waals surface area contributed by atoms with Crippen molar-refractivity contribution >= 4 is 13.4 Å². The normalized spacial score (nSPS) is 15.3. The number of pyridine rings is 1. The molecule has 0 aliphatic carbocycles. The molecule has 18 heavy (non-hydrogen) atoms. The second kappa shape index (κ2) is 4.95. The first-order valence-corrected chi connectivity index (χ1v) is 6.53. The van der Waals surface area contributed by atoms with Crippen molar-refractivity contribution in [2.24, 2.45) is 0 Å². The number of rotatable bonds is 2. The lowest BCUT2D eigenvalue weighted by Gasteiger charge is -2.28. The van der Waals surface area contributed by atoms with Crippen molar-refractivity contribution in [2.75, 3.05) is 6.54 Å². The van der Waals surface area contributed by atoms with Crippen molar-refractivity contribution in [1.29, 1.82) is 0 Å². The SMILES string of the molecule is Bc1ccc2c(n1)CN(Cc1ccccc1)CC2. The minimum absolute atomic E-state index is 0.978. The van der Waals surface area contributed by atoms with Gasteiger partial charge in [0.25, 0.3) is 0 Å². The van der Waals surface area contributed by atoms with Crippen molar-refractivity contribution in [3.05, 3.63) is 59.3 Å². The highest BCUT2D eigenvalue weighted by Gasteiger charge is 2.17. The summed E-state index contributed by atoms with van der Waals surface area (Å²) in [7, 11) is 2.07. The van der Waals surface area contributed by atoms with E-state index in [2.05, 4.69) is 60.2 Å². The Morgan fingerprint density at radius 1 is 1.11 bits per heavy atom. The Morgan fingerprint density at radius 3 is 2.78 bits per heavy atom. The largest absolute Gasteiger partial charge is 0.293 e. The number of hydrogen-bond acceptors (Lipinski definition) is 2. The third kappa shape index (κ3) is 2.46. The summed E-state index contributed by atoms with van der Waals surface area (Å²) in [6.07, 6.45) is 1.12. The average Bonchev–Trinajstić information content (AvgIpc) is 2.39. The maximum Gasteiger partial charge on any atom is 0.163 e. The van der Waals surface area contributed by atoms with E-state index in [1.807, 2.05) is 0 Å². The van der Waals surface area contributed by atoms with Crippen molar-refractivity contribution in [1.82, 2.24) is 9.88 Å². The highest BCUT2D eigenvalue weighted by molar-refractivity contribution is 6.30. The first kappa shape index (κ1) is 11.5. The molecule has 0 radical (unpaired) electrons. The fourth-order valence-electron chi connectivity index (χ4n) is 2.55. The van der Waals surface area contributed by atoms with Gasteiger partial charge in [-0.05, 0) is 23.1 Å². The van der Waals surface area contributed by atoms with Gasteiger partial charge in [0.15, 0.2) is 7.85 Å². The van der Waals surface area contributed by atoms with Gasteiger partial charge >= 0.3 is 0 Å². The first-order valence-electron chi connectivity index (χ1n) is 6.53. The van der Waals surface area contributed by atoms with Gasteiger partial charge in [-0.25, -0.2) is 0 Å². The molecule has 90 valence electrons. The van der Waals surface area contributed by atoms with Crippen molar-refractivity contribution in [3.8, 4) is 0 Å². The number of nitrogens with zero attached hydrogens (tertiary/aromatic N) is 2. The molecule has 0 saturated carbocycles. The zero-order valence-electron chi connectivity index (χ0n) is 10.8. The van der Waals surface area contributed by atoms with Crippen LogP contribution in [0.3, 0.4) is 0 Å². The monoisotopic (exact) mass is 236 g/mol. The second-order valence-corrected chi connectivity index (χ2v) is 5.00. The van der Waals surface area contributed by atoms with E-state index in [4.69, 9.17) is 0 Å². The molecule has 1 aliphatic heterocycles. The molecule has 0 unspecified atom stereocenters. The molecule has 0 saturated heterocycles. The topological polar surface area (TPSA) is 16.1 Å². The van der Waals surface area contributed by atoms with E-state index in [9.17, 15) is 0 Å². The van der Waals surface area contributed by atoms with Crippen LogP contribution in [0.25, 0.3) is 0 Å². The molecule has 0 N–H and O–H groups in total. The molecule has 2 aromatic rings. The molecular formula is C15H17BN2. The second-order valence-electron chi connectivity index (χ2n) is 5.00. The number of aromatic nitrogens is 1. The predicted octanol–water partition coefficient (Wildman–Crippen LogP) is 0.898. The highest BCUT2D eigenvalue weighted by Crippen LogP contribution is 2.17. The Morgan fingerprint density at radius 2 is 1.94 bits per heavy atom. The van der Waals surface area contributed by atoms with Gasteiger partial charge in [0.2, 0.25) is 0 Å². The minimum atomic E-state index is 0.978. The molecule has 0 spiro atoms. The quantitative estimate of drug-likeness (QED) is 0.720. The molecule has 0 bridgehead atoms. The smallest absolute Gasteiger partial charge is 0.163 e. The Hall–Kier alpha value is -1.61. The summed E-state index contributed by atoms with van der Waals surface area (Å²) in [6, 6.07) is 15.0. The van der Waals surface area contributed by atoms with E-state index in [1.165, 1.54) is 16.8 Å². The lowest BCUT2D eigenvalue weighted by atomic mass is 9.98. The van der Waals surface area contributed by atoms with E-state index >= 15 is 0 Å². The van der Waals surface area contributed by atoms with Gasteiger partial charge in [-0.2, -0.15) is 0 Å². The molecule has 1 aromatic heterocycles. The van der Waals surface area contributed by atoms with Crippen LogP contribution >= 0.6 is 0 Å². The third-order valence-electron chi connectivity index (χ3n) is 3.53. The van der Waals surface area contributed by atoms with E-state index in [1.54, 1.807) is 0 Å². The van der Waals surface area contributed by atoms with Crippen molar-refractivity contribution < 1.29 is 0 Å². The lowest BCUT2D eigenvalue weighted by molar-refractivity contribution is 0.242. The summed E-state index contributed by atoms with van der Waals surface area (Å²) in [5.74, 6) is 0. The predicted molar refractivity (Wildman–Crippen MR) is 76.7 cm³/mol. The van der Waals surface area contributed by atoms with E-state index < -0.39 is 0 Å². The van der Waals surface area contributed by atoms with Crippen LogP contribution < -0.4 is 5.59 Å². The van der Waals surface area contributed by atoms with Gasteiger partial charge in [0.05, 0.1) is 5.69 Å². The first-order chi connectivity index (χ1) is 8.81. The van der Waals surface area contributed by atoms with Gasteiger partial charge in [-0.15, -0.1) is 0 Å². The number of benzene rings is 1. The molecule has 2 nitrogen and oxygen atoms in total. The fraction of sp³-hybridized carbons (Fsp3) is 0.267. The Bertz CT molecular complexity index is 539. The molecule has 0 atom stereocenters. The van der Waals surface area contributed by atoms with Crippen LogP contribution in [-0.4, -0.2) is 24.3 Å². The molecule has 0 fully saturated rings. The van der Waals surface area contributed by atoms with Crippen LogP contribution in [-0.2, 0) is 19.5 Å². The van der Waals surface area contributed by atoms with Crippen LogP contribution in [0.2, 0.25) is 0 Å². The fourth-order valence-corrected chi connectivity index (χ4v) is 2.55. The number of fused-ring (bicyclic) bond motifs is 1. The van der Waals surface area contributed by atoms with E-state index in [-0.39, 0.29) is 0 Å². The average molecular weight is 236 g/mol. The van der Waals surface area contributed by atoms with Crippen LogP contribution in [0.1, 0.15) is 16.8 Å². The maximum atomic E-state index is 4.66. The van der Waals surface area contributed by atoms with Crippen LogP contribution in [0, 0.1) is 0 Å². The van der Waals surface area contributed by atoms with Crippen molar-refractivity contribution in [2.45, 2.75) is 19.5 Å². The summed E-state index contributed by atoms with van der Waals surface area (Å²) >= 11 is 0. The van der Waals surface area contributed by atoms with Gasteiger partial charge in [-0.3, -0.25) is 9.88 Å². The molecule has 3 rings (SSSR count). The lowest BCUT2D eigenvalue weighted by Crippen LogP contribution is -2.32. The van der Waals surface area contributed by atoms with Gasteiger partial charge in [0.1, 0.15) is 0 Å². The van der Waals surface area contributed by atoms with Crippen LogP contribution in [0.15, 0.2) is 42.5 Å². The molecule has 3 heteroatoms. The number of hydrogen-bond donors (Lipinski definition) is 0. The summed E-state index contributed by atoms with van der Waals surface area (Å²) < 4.78 is 0. The zero-order valence-corrected chi connectivity index (χ0v) is 10.8. The van der Waals surface area contributed by atoms with Gasteiger partial charge < -0.3 is 0 Å². The van der Waals surface area contributed by atoms with E-state index in [0.29, 0.717) is 0 Å². The maximum absolute atomic E-state index is 4.66. The zero-order chi connectivity index (χ0) is 12.4. The van der Waals surface area contributed by atoms with Gasteiger partial charge in [-0.1, -0.05) is 42.5 Å². The molecule has 1 aromatic carbocycles. The Labute approximate surface area is 109 Å². The minimum Gasteiger partial charge on any atom is -0.293 e.